The van der Waals surface area contributed by atoms with Gasteiger partial charge in [0.1, 0.15) is 0 Å². The molecule has 0 bridgehead atoms. The lowest BCUT2D eigenvalue weighted by atomic mass is 10.3. The van der Waals surface area contributed by atoms with Crippen molar-refractivity contribution in [2.24, 2.45) is 0 Å². The summed E-state index contributed by atoms with van der Waals surface area (Å²) in [5, 5.41) is 9.60. The fraction of sp³-hybridized carbons (Fsp3) is 0. The van der Waals surface area contributed by atoms with Crippen molar-refractivity contribution in [2.45, 2.75) is 0 Å². The van der Waals surface area contributed by atoms with Gasteiger partial charge in [-0.3, -0.25) is 0 Å². The molecule has 0 saturated heterocycles. The summed E-state index contributed by atoms with van der Waals surface area (Å²) in [6.07, 6.45) is 1.56. The predicted octanol–water partition coefficient (Wildman–Crippen LogP) is 3.81. The number of halogens is 2. The van der Waals surface area contributed by atoms with Crippen LogP contribution in [0.3, 0.4) is 0 Å². The first-order valence-corrected chi connectivity index (χ1v) is 4.17. The fourth-order valence-electron chi connectivity index (χ4n) is 0.716. The average molecular weight is 217 g/mol. The van der Waals surface area contributed by atoms with Gasteiger partial charge in [0, 0.05) is 5.02 Å². The summed E-state index contributed by atoms with van der Waals surface area (Å²) in [7, 11) is 0. The van der Waals surface area contributed by atoms with Crippen LogP contribution in [-0.4, -0.2) is 6.72 Å². The Balaban J connectivity index is 0.000000671. The molecular weight excluding hydrogens is 207 g/mol. The second-order valence-electron chi connectivity index (χ2n) is 1.97. The molecule has 0 heterocycles. The summed E-state index contributed by atoms with van der Waals surface area (Å²) in [6, 6.07) is 5.24. The molecule has 4 heteroatoms. The number of hydrogen-bond acceptors (Lipinski definition) is 2. The molecule has 0 aliphatic rings. The van der Waals surface area contributed by atoms with E-state index in [2.05, 4.69) is 18.6 Å². The van der Waals surface area contributed by atoms with Crippen LogP contribution in [0.2, 0.25) is 10.0 Å². The van der Waals surface area contributed by atoms with Crippen molar-refractivity contribution in [1.82, 2.24) is 0 Å². The van der Waals surface area contributed by atoms with E-state index in [0.29, 0.717) is 10.0 Å². The molecule has 13 heavy (non-hydrogen) atoms. The molecule has 0 aliphatic carbocycles. The smallest absolute Gasteiger partial charge is 0.0655 e. The van der Waals surface area contributed by atoms with Gasteiger partial charge in [0.25, 0.3) is 0 Å². The van der Waals surface area contributed by atoms with Gasteiger partial charge in [0.15, 0.2) is 0 Å². The molecule has 0 aliphatic heterocycles. The SMILES string of the molecule is C=CNc1ccc(Cl)cc1Cl.C=N. The summed E-state index contributed by atoms with van der Waals surface area (Å²) in [5.41, 5.74) is 0.811. The largest absolute Gasteiger partial charge is 0.361 e. The van der Waals surface area contributed by atoms with Crippen LogP contribution in [0.4, 0.5) is 5.69 Å². The molecule has 0 saturated carbocycles. The van der Waals surface area contributed by atoms with Gasteiger partial charge < -0.3 is 10.7 Å². The molecule has 70 valence electrons. The second-order valence-corrected chi connectivity index (χ2v) is 2.82. The van der Waals surface area contributed by atoms with Crippen LogP contribution in [0, 0.1) is 5.41 Å². The van der Waals surface area contributed by atoms with E-state index in [4.69, 9.17) is 28.6 Å². The van der Waals surface area contributed by atoms with E-state index in [0.717, 1.165) is 5.69 Å². The Labute approximate surface area is 87.7 Å². The third-order valence-corrected chi connectivity index (χ3v) is 1.74. The summed E-state index contributed by atoms with van der Waals surface area (Å²) in [5.74, 6) is 0. The molecule has 0 fully saturated rings. The number of benzene rings is 1. The van der Waals surface area contributed by atoms with E-state index in [1.54, 1.807) is 24.4 Å². The van der Waals surface area contributed by atoms with Crippen molar-refractivity contribution in [3.8, 4) is 0 Å². The summed E-state index contributed by atoms with van der Waals surface area (Å²) in [4.78, 5) is 0. The minimum absolute atomic E-state index is 0.595. The monoisotopic (exact) mass is 216 g/mol. The van der Waals surface area contributed by atoms with Crippen LogP contribution in [0.1, 0.15) is 0 Å². The van der Waals surface area contributed by atoms with Gasteiger partial charge >= 0.3 is 0 Å². The van der Waals surface area contributed by atoms with Gasteiger partial charge in [-0.2, -0.15) is 0 Å². The minimum Gasteiger partial charge on any atom is -0.361 e. The van der Waals surface area contributed by atoms with E-state index in [9.17, 15) is 0 Å². The molecule has 2 nitrogen and oxygen atoms in total. The molecule has 0 spiro atoms. The van der Waals surface area contributed by atoms with E-state index < -0.39 is 0 Å². The van der Waals surface area contributed by atoms with Crippen molar-refractivity contribution in [3.05, 3.63) is 41.0 Å². The molecule has 1 aromatic rings. The average Bonchev–Trinajstić information content (AvgIpc) is 2.14. The van der Waals surface area contributed by atoms with Crippen molar-refractivity contribution >= 4 is 35.6 Å². The number of anilines is 1. The lowest BCUT2D eigenvalue weighted by Crippen LogP contribution is -1.86. The van der Waals surface area contributed by atoms with Gasteiger partial charge in [0.05, 0.1) is 10.7 Å². The minimum atomic E-state index is 0.595. The zero-order chi connectivity index (χ0) is 10.3. The zero-order valence-corrected chi connectivity index (χ0v) is 8.49. The quantitative estimate of drug-likeness (QED) is 0.726. The maximum absolute atomic E-state index is 5.81. The molecule has 1 rings (SSSR count). The highest BCUT2D eigenvalue weighted by Gasteiger charge is 1.97. The van der Waals surface area contributed by atoms with Gasteiger partial charge in [-0.15, -0.1) is 0 Å². The summed E-state index contributed by atoms with van der Waals surface area (Å²) < 4.78 is 0. The van der Waals surface area contributed by atoms with Crippen LogP contribution in [0.5, 0.6) is 0 Å². The Bertz CT molecular complexity index is 287. The first kappa shape index (κ1) is 12.0. The van der Waals surface area contributed by atoms with Gasteiger partial charge in [0.2, 0.25) is 0 Å². The molecule has 0 atom stereocenters. The van der Waals surface area contributed by atoms with Crippen LogP contribution in [0.15, 0.2) is 31.0 Å². The third kappa shape index (κ3) is 3.97. The number of rotatable bonds is 2. The van der Waals surface area contributed by atoms with Crippen LogP contribution in [-0.2, 0) is 0 Å². The topological polar surface area (TPSA) is 35.9 Å². The Morgan fingerprint density at radius 3 is 2.38 bits per heavy atom. The highest BCUT2D eigenvalue weighted by Crippen LogP contribution is 2.24. The Hall–Kier alpha value is -0.990. The molecule has 0 unspecified atom stereocenters. The zero-order valence-electron chi connectivity index (χ0n) is 6.98. The first-order chi connectivity index (χ1) is 6.24. The second kappa shape index (κ2) is 6.52. The van der Waals surface area contributed by atoms with Crippen molar-refractivity contribution in [1.29, 1.82) is 5.41 Å². The number of hydrogen-bond donors (Lipinski definition) is 2. The van der Waals surface area contributed by atoms with Gasteiger partial charge in [-0.25, -0.2) is 0 Å². The van der Waals surface area contributed by atoms with Crippen LogP contribution in [0.25, 0.3) is 0 Å². The molecule has 0 aromatic heterocycles. The number of nitrogens with one attached hydrogen (secondary N) is 2. The van der Waals surface area contributed by atoms with E-state index in [1.165, 1.54) is 0 Å². The normalized spacial score (nSPS) is 8.15. The molecule has 0 radical (unpaired) electrons. The lowest BCUT2D eigenvalue weighted by Gasteiger charge is -2.02. The van der Waals surface area contributed by atoms with Crippen molar-refractivity contribution < 1.29 is 0 Å². The Kier molecular flexibility index (Phi) is 6.02. The molecular formula is C9H10Cl2N2. The van der Waals surface area contributed by atoms with E-state index >= 15 is 0 Å². The standard InChI is InChI=1S/C8H7Cl2N.CH3N/c1-2-11-8-4-3-6(9)5-7(8)10;1-2/h2-5,11H,1H2;2H,1H2. The van der Waals surface area contributed by atoms with Crippen LogP contribution >= 0.6 is 23.2 Å². The maximum Gasteiger partial charge on any atom is 0.0655 e. The molecule has 2 N–H and O–H groups in total. The van der Waals surface area contributed by atoms with E-state index in [1.807, 2.05) is 0 Å². The maximum atomic E-state index is 5.81. The highest BCUT2D eigenvalue weighted by molar-refractivity contribution is 6.36. The summed E-state index contributed by atoms with van der Waals surface area (Å²) in [6.45, 7) is 6.02. The van der Waals surface area contributed by atoms with E-state index in [-0.39, 0.29) is 0 Å². The summed E-state index contributed by atoms with van der Waals surface area (Å²) >= 11 is 11.5. The highest BCUT2D eigenvalue weighted by atomic mass is 35.5. The molecule has 1 aromatic carbocycles. The van der Waals surface area contributed by atoms with Crippen molar-refractivity contribution in [3.63, 3.8) is 0 Å². The van der Waals surface area contributed by atoms with Crippen LogP contribution < -0.4 is 5.32 Å². The third-order valence-electron chi connectivity index (χ3n) is 1.19. The Morgan fingerprint density at radius 1 is 1.31 bits per heavy atom. The van der Waals surface area contributed by atoms with Gasteiger partial charge in [-0.1, -0.05) is 29.8 Å². The van der Waals surface area contributed by atoms with Gasteiger partial charge in [-0.05, 0) is 31.1 Å². The lowest BCUT2D eigenvalue weighted by molar-refractivity contribution is 1.59. The molecule has 0 amide bonds. The fourth-order valence-corrected chi connectivity index (χ4v) is 1.18. The predicted molar refractivity (Wildman–Crippen MR) is 60.1 cm³/mol. The first-order valence-electron chi connectivity index (χ1n) is 3.42. The van der Waals surface area contributed by atoms with Crippen molar-refractivity contribution in [2.75, 3.05) is 5.32 Å². The Morgan fingerprint density at radius 2 is 1.92 bits per heavy atom.